The van der Waals surface area contributed by atoms with E-state index in [4.69, 9.17) is 9.30 Å². The maximum atomic E-state index is 11.8. The predicted octanol–water partition coefficient (Wildman–Crippen LogP) is 5.57. The number of alkyl halides is 1. The van der Waals surface area contributed by atoms with Crippen LogP contribution in [0.5, 0.6) is 0 Å². The minimum atomic E-state index is -0.587. The molecular weight excluding hydrogens is 425 g/mol. The Morgan fingerprint density at radius 2 is 1.88 bits per heavy atom. The van der Waals surface area contributed by atoms with Gasteiger partial charge in [0.15, 0.2) is 0 Å². The van der Waals surface area contributed by atoms with Gasteiger partial charge in [0.2, 0.25) is 5.91 Å². The van der Waals surface area contributed by atoms with Crippen molar-refractivity contribution in [1.29, 1.82) is 3.56 Å². The van der Waals surface area contributed by atoms with Crippen LogP contribution in [0.25, 0.3) is 0 Å². The second-order valence-corrected chi connectivity index (χ2v) is 8.25. The van der Waals surface area contributed by atoms with Gasteiger partial charge in [-0.15, -0.1) is 0 Å². The first-order valence-electron chi connectivity index (χ1n) is 8.95. The van der Waals surface area contributed by atoms with E-state index in [1.807, 2.05) is 13.0 Å². The quantitative estimate of drug-likeness (QED) is 0.298. The molecule has 0 saturated heterocycles. The Kier molecular flexibility index (Phi) is 12.6. The van der Waals surface area contributed by atoms with Crippen molar-refractivity contribution in [2.45, 2.75) is 59.8 Å². The van der Waals surface area contributed by atoms with Crippen LogP contribution in [0.3, 0.4) is 0 Å². The number of aryl methyl sites for hydroxylation is 1. The summed E-state index contributed by atoms with van der Waals surface area (Å²) in [6.07, 6.45) is 3.27. The Morgan fingerprint density at radius 1 is 1.28 bits per heavy atom. The summed E-state index contributed by atoms with van der Waals surface area (Å²) < 4.78 is 8.13. The van der Waals surface area contributed by atoms with E-state index in [2.05, 4.69) is 44.8 Å². The summed E-state index contributed by atoms with van der Waals surface area (Å²) >= 11 is -0.587. The van der Waals surface area contributed by atoms with Crippen LogP contribution in [-0.2, 0) is 4.79 Å². The first kappa shape index (κ1) is 23.9. The Labute approximate surface area is 163 Å². The Hall–Kier alpha value is -1.11. The lowest BCUT2D eigenvalue weighted by Gasteiger charge is -2.18. The van der Waals surface area contributed by atoms with E-state index < -0.39 is 21.0 Å². The molecule has 142 valence electrons. The lowest BCUT2D eigenvalue weighted by molar-refractivity contribution is -0.119. The van der Waals surface area contributed by atoms with E-state index in [1.165, 1.54) is 18.4 Å². The van der Waals surface area contributed by atoms with E-state index in [0.29, 0.717) is 12.3 Å². The van der Waals surface area contributed by atoms with Gasteiger partial charge in [-0.2, -0.15) is 0 Å². The van der Waals surface area contributed by atoms with Crippen molar-refractivity contribution < 1.29 is 4.79 Å². The van der Waals surface area contributed by atoms with E-state index in [-0.39, 0.29) is 11.8 Å². The maximum absolute atomic E-state index is 11.8. The van der Waals surface area contributed by atoms with Crippen molar-refractivity contribution in [2.75, 3.05) is 11.5 Å². The number of amides is 1. The van der Waals surface area contributed by atoms with Gasteiger partial charge < -0.3 is 5.73 Å². The second kappa shape index (κ2) is 13.1. The Bertz CT molecular complexity index is 580. The van der Waals surface area contributed by atoms with Crippen LogP contribution in [0.4, 0.5) is 0 Å². The fourth-order valence-corrected chi connectivity index (χ4v) is 3.31. The molecule has 1 atom stereocenters. The average Bonchev–Trinajstić information content (AvgIpc) is 2.59. The molecule has 0 bridgehead atoms. The summed E-state index contributed by atoms with van der Waals surface area (Å²) in [5.41, 5.74) is 9.70. The number of carbonyl (C=O) groups is 1. The van der Waals surface area contributed by atoms with Crippen molar-refractivity contribution in [2.24, 2.45) is 16.6 Å². The van der Waals surface area contributed by atoms with Crippen LogP contribution >= 0.6 is 21.0 Å². The van der Waals surface area contributed by atoms with Gasteiger partial charge in [-0.05, 0) is 57.0 Å². The SMILES string of the molecule is CCCC.CN=C(c1ccc(C(C)C)cc1C)C(CCI=N)C(N)=O. The molecule has 0 aliphatic heterocycles. The molecule has 1 unspecified atom stereocenters. The highest BCUT2D eigenvalue weighted by Gasteiger charge is 2.23. The summed E-state index contributed by atoms with van der Waals surface area (Å²) in [5, 5.41) is 0. The van der Waals surface area contributed by atoms with Crippen LogP contribution < -0.4 is 5.73 Å². The van der Waals surface area contributed by atoms with Gasteiger partial charge in [0, 0.05) is 11.5 Å². The molecular formula is C20H34IN3O. The smallest absolute Gasteiger partial charge is 0.226 e. The molecule has 1 rings (SSSR count). The molecule has 0 aromatic heterocycles. The van der Waals surface area contributed by atoms with Crippen LogP contribution in [0, 0.1) is 16.4 Å². The summed E-state index contributed by atoms with van der Waals surface area (Å²) in [7, 11) is 1.71. The largest absolute Gasteiger partial charge is 0.369 e. The highest BCUT2D eigenvalue weighted by Crippen LogP contribution is 2.23. The van der Waals surface area contributed by atoms with Gasteiger partial charge in [0.25, 0.3) is 0 Å². The molecule has 0 heterocycles. The predicted molar refractivity (Wildman–Crippen MR) is 117 cm³/mol. The molecule has 1 aromatic rings. The van der Waals surface area contributed by atoms with Gasteiger partial charge in [-0.3, -0.25) is 13.3 Å². The van der Waals surface area contributed by atoms with E-state index in [0.717, 1.165) is 21.3 Å². The zero-order valence-corrected chi connectivity index (χ0v) is 18.7. The van der Waals surface area contributed by atoms with Gasteiger partial charge in [0.05, 0.1) is 11.6 Å². The fourth-order valence-electron chi connectivity index (χ4n) is 2.37. The molecule has 1 aromatic carbocycles. The third-order valence-corrected chi connectivity index (χ3v) is 5.26. The number of unbranched alkanes of at least 4 members (excludes halogenated alkanes) is 1. The van der Waals surface area contributed by atoms with E-state index >= 15 is 0 Å². The number of halogens is 1. The zero-order valence-electron chi connectivity index (χ0n) is 16.5. The van der Waals surface area contributed by atoms with Gasteiger partial charge >= 0.3 is 0 Å². The molecule has 0 saturated carbocycles. The second-order valence-electron chi connectivity index (χ2n) is 6.40. The van der Waals surface area contributed by atoms with E-state index in [9.17, 15) is 4.79 Å². The topological polar surface area (TPSA) is 79.3 Å². The summed E-state index contributed by atoms with van der Waals surface area (Å²) in [6.45, 7) is 10.7. The molecule has 0 spiro atoms. The third-order valence-electron chi connectivity index (χ3n) is 4.10. The number of rotatable bonds is 8. The van der Waals surface area contributed by atoms with Gasteiger partial charge in [0.1, 0.15) is 0 Å². The van der Waals surface area contributed by atoms with Gasteiger partial charge in [-0.25, -0.2) is 0 Å². The fraction of sp³-hybridized carbons (Fsp3) is 0.600. The molecule has 0 aliphatic rings. The molecule has 1 amide bonds. The molecule has 5 heteroatoms. The average molecular weight is 459 g/mol. The summed E-state index contributed by atoms with van der Waals surface area (Å²) in [4.78, 5) is 16.1. The molecule has 0 radical (unpaired) electrons. The molecule has 25 heavy (non-hydrogen) atoms. The van der Waals surface area contributed by atoms with Gasteiger partial charge in [-0.1, -0.05) is 58.7 Å². The first-order chi connectivity index (χ1) is 11.8. The number of carbonyl (C=O) groups excluding carboxylic acids is 1. The highest BCUT2D eigenvalue weighted by atomic mass is 127. The number of hydrogen-bond donors (Lipinski definition) is 2. The number of hydrogen-bond acceptors (Lipinski definition) is 3. The van der Waals surface area contributed by atoms with Crippen molar-refractivity contribution in [3.8, 4) is 0 Å². The monoisotopic (exact) mass is 459 g/mol. The standard InChI is InChI=1S/C16H24IN3O.C4H10/c1-10(2)12-5-6-13(11(3)9-12)15(20-4)14(16(18)21)7-8-17-19;1-3-4-2/h5-6,9-10,14,19H,7-8H2,1-4H3,(H2,18,21);3-4H2,1-2H3. The molecule has 0 aliphatic carbocycles. The minimum absolute atomic E-state index is 0.347. The molecule has 4 nitrogen and oxygen atoms in total. The van der Waals surface area contributed by atoms with Crippen molar-refractivity contribution in [1.82, 2.24) is 0 Å². The number of benzene rings is 1. The van der Waals surface area contributed by atoms with Crippen molar-refractivity contribution in [3.63, 3.8) is 0 Å². The lowest BCUT2D eigenvalue weighted by atomic mass is 9.89. The first-order valence-corrected chi connectivity index (χ1v) is 11.6. The summed E-state index contributed by atoms with van der Waals surface area (Å²) in [5.74, 6) is -0.260. The highest BCUT2D eigenvalue weighted by molar-refractivity contribution is 14.1. The normalized spacial score (nSPS) is 12.5. The molecule has 3 N–H and O–H groups in total. The van der Waals surface area contributed by atoms with Crippen molar-refractivity contribution in [3.05, 3.63) is 34.9 Å². The molecule has 0 fully saturated rings. The number of nitrogens with zero attached hydrogens (tertiary/aromatic N) is 1. The van der Waals surface area contributed by atoms with Crippen molar-refractivity contribution >= 4 is 32.7 Å². The number of primary amides is 1. The number of nitrogens with two attached hydrogens (primary N) is 1. The van der Waals surface area contributed by atoms with Crippen LogP contribution in [-0.4, -0.2) is 23.1 Å². The number of aliphatic imine (C=N–C) groups is 1. The summed E-state index contributed by atoms with van der Waals surface area (Å²) in [6, 6.07) is 6.28. The number of nitrogens with one attached hydrogen (secondary N) is 1. The van der Waals surface area contributed by atoms with E-state index in [1.54, 1.807) is 7.05 Å². The van der Waals surface area contributed by atoms with Crippen LogP contribution in [0.2, 0.25) is 0 Å². The van der Waals surface area contributed by atoms with Crippen LogP contribution in [0.1, 0.15) is 69.6 Å². The maximum Gasteiger partial charge on any atom is 0.226 e. The third kappa shape index (κ3) is 8.21. The zero-order chi connectivity index (χ0) is 19.4. The Balaban J connectivity index is 0.00000129. The lowest BCUT2D eigenvalue weighted by Crippen LogP contribution is -2.31. The Morgan fingerprint density at radius 3 is 2.24 bits per heavy atom. The minimum Gasteiger partial charge on any atom is -0.369 e. The van der Waals surface area contributed by atoms with Crippen LogP contribution in [0.15, 0.2) is 23.2 Å².